The number of nitro groups is 1. The first kappa shape index (κ1) is 11.1. The molecule has 0 amide bonds. The van der Waals surface area contributed by atoms with Crippen LogP contribution in [0.3, 0.4) is 0 Å². The molecule has 88 valence electrons. The summed E-state index contributed by atoms with van der Waals surface area (Å²) in [6.07, 6.45) is 4.92. The van der Waals surface area contributed by atoms with Crippen molar-refractivity contribution in [3.63, 3.8) is 0 Å². The third kappa shape index (κ3) is 2.41. The molecule has 2 rings (SSSR count). The lowest BCUT2D eigenvalue weighted by Crippen LogP contribution is -2.44. The molecule has 0 aromatic heterocycles. The summed E-state index contributed by atoms with van der Waals surface area (Å²) in [5, 5.41) is 10.6. The molecule has 0 N–H and O–H groups in total. The fraction of sp³-hybridized carbons (Fsp3) is 0.636. The van der Waals surface area contributed by atoms with Crippen LogP contribution in [0.15, 0.2) is 23.5 Å². The quantitative estimate of drug-likeness (QED) is 0.519. The SMILES string of the molecule is CN1CCN(C2=CC=C([N+](=O)[O-])CC2)CC1. The molecule has 0 atom stereocenters. The zero-order chi connectivity index (χ0) is 11.5. The number of piperazine rings is 1. The maximum Gasteiger partial charge on any atom is 0.246 e. The topological polar surface area (TPSA) is 49.6 Å². The number of likely N-dealkylation sites (N-methyl/N-ethyl adjacent to an activating group) is 1. The van der Waals surface area contributed by atoms with E-state index in [1.807, 2.05) is 6.08 Å². The van der Waals surface area contributed by atoms with Gasteiger partial charge in [-0.25, -0.2) is 0 Å². The van der Waals surface area contributed by atoms with Gasteiger partial charge in [0.1, 0.15) is 0 Å². The number of hydrogen-bond acceptors (Lipinski definition) is 4. The third-order valence-electron chi connectivity index (χ3n) is 3.25. The van der Waals surface area contributed by atoms with E-state index in [4.69, 9.17) is 0 Å². The Bertz CT molecular complexity index is 341. The number of nitrogens with zero attached hydrogens (tertiary/aromatic N) is 3. The minimum Gasteiger partial charge on any atom is -0.372 e. The van der Waals surface area contributed by atoms with Crippen LogP contribution in [-0.2, 0) is 0 Å². The van der Waals surface area contributed by atoms with Crippen LogP contribution >= 0.6 is 0 Å². The van der Waals surface area contributed by atoms with Gasteiger partial charge in [-0.3, -0.25) is 10.1 Å². The van der Waals surface area contributed by atoms with Gasteiger partial charge in [-0.15, -0.1) is 0 Å². The molecule has 5 heteroatoms. The first-order valence-electron chi connectivity index (χ1n) is 5.64. The van der Waals surface area contributed by atoms with Gasteiger partial charge in [-0.05, 0) is 19.5 Å². The summed E-state index contributed by atoms with van der Waals surface area (Å²) in [4.78, 5) is 14.9. The van der Waals surface area contributed by atoms with Crippen LogP contribution in [0.25, 0.3) is 0 Å². The van der Waals surface area contributed by atoms with Gasteiger partial charge in [0.05, 0.1) is 4.92 Å². The van der Waals surface area contributed by atoms with Crippen molar-refractivity contribution in [3.8, 4) is 0 Å². The predicted molar refractivity (Wildman–Crippen MR) is 61.5 cm³/mol. The summed E-state index contributed by atoms with van der Waals surface area (Å²) in [7, 11) is 2.12. The summed E-state index contributed by atoms with van der Waals surface area (Å²) in [6.45, 7) is 4.21. The van der Waals surface area contributed by atoms with Gasteiger partial charge < -0.3 is 9.80 Å². The Morgan fingerprint density at radius 2 is 1.88 bits per heavy atom. The second-order valence-electron chi connectivity index (χ2n) is 4.36. The van der Waals surface area contributed by atoms with Crippen molar-refractivity contribution < 1.29 is 4.92 Å². The second-order valence-corrected chi connectivity index (χ2v) is 4.36. The smallest absolute Gasteiger partial charge is 0.246 e. The highest BCUT2D eigenvalue weighted by atomic mass is 16.6. The molecule has 0 aromatic carbocycles. The Hall–Kier alpha value is -1.36. The number of rotatable bonds is 2. The van der Waals surface area contributed by atoms with Crippen LogP contribution < -0.4 is 0 Å². The van der Waals surface area contributed by atoms with Crippen LogP contribution in [0.1, 0.15) is 12.8 Å². The van der Waals surface area contributed by atoms with Gasteiger partial charge in [0.15, 0.2) is 0 Å². The average molecular weight is 223 g/mol. The summed E-state index contributed by atoms with van der Waals surface area (Å²) in [5.74, 6) is 0. The highest BCUT2D eigenvalue weighted by Gasteiger charge is 2.21. The molecule has 0 spiro atoms. The van der Waals surface area contributed by atoms with Crippen molar-refractivity contribution in [2.75, 3.05) is 33.2 Å². The van der Waals surface area contributed by atoms with Crippen LogP contribution in [0.5, 0.6) is 0 Å². The molecule has 1 heterocycles. The fourth-order valence-corrected chi connectivity index (χ4v) is 2.12. The fourth-order valence-electron chi connectivity index (χ4n) is 2.12. The minimum atomic E-state index is -0.280. The van der Waals surface area contributed by atoms with Gasteiger partial charge >= 0.3 is 0 Å². The lowest BCUT2D eigenvalue weighted by molar-refractivity contribution is -0.428. The van der Waals surface area contributed by atoms with Gasteiger partial charge in [0, 0.05) is 44.4 Å². The largest absolute Gasteiger partial charge is 0.372 e. The first-order valence-corrected chi connectivity index (χ1v) is 5.64. The van der Waals surface area contributed by atoms with E-state index in [0.29, 0.717) is 12.1 Å². The normalized spacial score (nSPS) is 22.7. The van der Waals surface area contributed by atoms with Crippen LogP contribution in [0.2, 0.25) is 0 Å². The van der Waals surface area contributed by atoms with Crippen LogP contribution in [0.4, 0.5) is 0 Å². The number of hydrogen-bond donors (Lipinski definition) is 0. The van der Waals surface area contributed by atoms with E-state index in [2.05, 4.69) is 16.8 Å². The molecule has 0 radical (unpaired) electrons. The van der Waals surface area contributed by atoms with Crippen molar-refractivity contribution in [1.29, 1.82) is 0 Å². The molecule has 2 aliphatic rings. The van der Waals surface area contributed by atoms with E-state index in [1.165, 1.54) is 5.70 Å². The van der Waals surface area contributed by atoms with E-state index >= 15 is 0 Å². The molecule has 1 saturated heterocycles. The maximum atomic E-state index is 10.6. The first-order chi connectivity index (χ1) is 7.66. The van der Waals surface area contributed by atoms with Crippen molar-refractivity contribution >= 4 is 0 Å². The zero-order valence-electron chi connectivity index (χ0n) is 9.56. The maximum absolute atomic E-state index is 10.6. The highest BCUT2D eigenvalue weighted by Crippen LogP contribution is 2.22. The molecule has 5 nitrogen and oxygen atoms in total. The molecule has 1 fully saturated rings. The van der Waals surface area contributed by atoms with E-state index in [9.17, 15) is 10.1 Å². The lowest BCUT2D eigenvalue weighted by atomic mass is 10.1. The molecule has 16 heavy (non-hydrogen) atoms. The monoisotopic (exact) mass is 223 g/mol. The Balaban J connectivity index is 1.99. The Kier molecular flexibility index (Phi) is 3.24. The molecule has 0 unspecified atom stereocenters. The zero-order valence-corrected chi connectivity index (χ0v) is 9.56. The second kappa shape index (κ2) is 4.65. The summed E-state index contributed by atoms with van der Waals surface area (Å²) >= 11 is 0. The molecule has 1 aliphatic heterocycles. The van der Waals surface area contributed by atoms with Crippen LogP contribution in [-0.4, -0.2) is 47.9 Å². The molecule has 0 aromatic rings. The molecular formula is C11H17N3O2. The van der Waals surface area contributed by atoms with Gasteiger partial charge in [-0.1, -0.05) is 0 Å². The molecule has 1 aliphatic carbocycles. The van der Waals surface area contributed by atoms with E-state index in [-0.39, 0.29) is 4.92 Å². The van der Waals surface area contributed by atoms with Crippen molar-refractivity contribution in [3.05, 3.63) is 33.7 Å². The lowest BCUT2D eigenvalue weighted by Gasteiger charge is -2.36. The van der Waals surface area contributed by atoms with E-state index < -0.39 is 0 Å². The van der Waals surface area contributed by atoms with Gasteiger partial charge in [0.25, 0.3) is 0 Å². The van der Waals surface area contributed by atoms with Crippen molar-refractivity contribution in [1.82, 2.24) is 9.80 Å². The Morgan fingerprint density at radius 3 is 2.38 bits per heavy atom. The highest BCUT2D eigenvalue weighted by molar-refractivity contribution is 5.20. The van der Waals surface area contributed by atoms with Gasteiger partial charge in [0.2, 0.25) is 5.70 Å². The molecular weight excluding hydrogens is 206 g/mol. The minimum absolute atomic E-state index is 0.280. The summed E-state index contributed by atoms with van der Waals surface area (Å²) < 4.78 is 0. The summed E-state index contributed by atoms with van der Waals surface area (Å²) in [5.41, 5.74) is 1.58. The van der Waals surface area contributed by atoms with Gasteiger partial charge in [-0.2, -0.15) is 0 Å². The average Bonchev–Trinajstić information content (AvgIpc) is 2.30. The van der Waals surface area contributed by atoms with E-state index in [1.54, 1.807) is 6.08 Å². The van der Waals surface area contributed by atoms with Crippen molar-refractivity contribution in [2.45, 2.75) is 12.8 Å². The van der Waals surface area contributed by atoms with Crippen molar-refractivity contribution in [2.24, 2.45) is 0 Å². The Morgan fingerprint density at radius 1 is 1.19 bits per heavy atom. The molecule has 0 saturated carbocycles. The Labute approximate surface area is 95.2 Å². The van der Waals surface area contributed by atoms with E-state index in [0.717, 1.165) is 32.6 Å². The van der Waals surface area contributed by atoms with Crippen LogP contribution in [0, 0.1) is 10.1 Å². The standard InChI is InChI=1S/C11H17N3O2/c1-12-6-8-13(9-7-12)10-2-4-11(5-3-10)14(15)16/h2,4H,3,5-9H2,1H3. The predicted octanol–water partition coefficient (Wildman–Crippen LogP) is 1.07. The molecule has 0 bridgehead atoms. The number of allylic oxidation sites excluding steroid dienone is 4. The summed E-state index contributed by atoms with van der Waals surface area (Å²) in [6, 6.07) is 0. The third-order valence-corrected chi connectivity index (χ3v) is 3.25.